The van der Waals surface area contributed by atoms with Gasteiger partial charge in [0, 0.05) is 0 Å². The van der Waals surface area contributed by atoms with Crippen LogP contribution in [0.2, 0.25) is 0 Å². The van der Waals surface area contributed by atoms with E-state index in [0.29, 0.717) is 0 Å². The normalized spacial score (nSPS) is 1.42. The predicted molar refractivity (Wildman–Crippen MR) is 15.2 cm³/mol. The SMILES string of the molecule is OB(O)O.[Na+].[Na+].[Na+].[Na+].[Na+].[Na+].[Na+].[Na+].[Na+].[Na+].[Na+].[O-2].[O-2].[O-2].[O-2]. The van der Waals surface area contributed by atoms with Crippen molar-refractivity contribution in [2.24, 2.45) is 0 Å². The molecular weight excluding hydrogens is 376 g/mol. The van der Waals surface area contributed by atoms with E-state index in [-0.39, 0.29) is 347 Å². The largest absolute Gasteiger partial charge is 2.00 e. The topological polar surface area (TPSA) is 175 Å². The van der Waals surface area contributed by atoms with Crippen LogP contribution in [0.5, 0.6) is 0 Å². The quantitative estimate of drug-likeness (QED) is 0.355. The van der Waals surface area contributed by atoms with Crippen LogP contribution in [-0.2, 0) is 21.9 Å². The third-order valence-corrected chi connectivity index (χ3v) is 0. The van der Waals surface area contributed by atoms with Gasteiger partial charge in [0.15, 0.2) is 0 Å². The third kappa shape index (κ3) is 178. The molecular formula is H3BNa11O7+3. The van der Waals surface area contributed by atoms with Gasteiger partial charge in [-0.1, -0.05) is 0 Å². The van der Waals surface area contributed by atoms with Gasteiger partial charge in [0.2, 0.25) is 0 Å². The summed E-state index contributed by atoms with van der Waals surface area (Å²) in [6.45, 7) is 0. The van der Waals surface area contributed by atoms with Crippen molar-refractivity contribution in [3.8, 4) is 0 Å². The standard InChI is InChI=1S/BH3O3.11Na.4O/c2-1(3)4;;;;;;;;;;;;;;;/h2-4H;;;;;;;;;;;;;;;/q;11*+1;4*-2. The zero-order valence-corrected chi connectivity index (χ0v) is 36.6. The monoisotopic (exact) mass is 379 g/mol. The number of hydrogen-bond acceptors (Lipinski definition) is 3. The van der Waals surface area contributed by atoms with E-state index in [2.05, 4.69) is 0 Å². The fraction of sp³-hybridized carbons (Fsp3) is 0. The molecule has 0 radical (unpaired) electrons. The van der Waals surface area contributed by atoms with E-state index in [1.807, 2.05) is 0 Å². The van der Waals surface area contributed by atoms with Gasteiger partial charge in [-0.05, 0) is 0 Å². The summed E-state index contributed by atoms with van der Waals surface area (Å²) in [6, 6.07) is 0. The molecule has 0 unspecified atom stereocenters. The zero-order valence-electron chi connectivity index (χ0n) is 14.6. The minimum absolute atomic E-state index is 0. The fourth-order valence-electron chi connectivity index (χ4n) is 0. The van der Waals surface area contributed by atoms with Gasteiger partial charge in [-0.15, -0.1) is 0 Å². The molecule has 0 fully saturated rings. The van der Waals surface area contributed by atoms with Crippen LogP contribution in [0.25, 0.3) is 0 Å². The minimum Gasteiger partial charge on any atom is -2.00 e. The molecule has 7 nitrogen and oxygen atoms in total. The maximum absolute atomic E-state index is 7.17. The van der Waals surface area contributed by atoms with Gasteiger partial charge >= 0.3 is 332 Å². The Kier molecular flexibility index (Phi) is 799. The van der Waals surface area contributed by atoms with E-state index in [4.69, 9.17) is 15.1 Å². The van der Waals surface area contributed by atoms with Crippen LogP contribution < -0.4 is 325 Å². The molecule has 0 aromatic carbocycles. The summed E-state index contributed by atoms with van der Waals surface area (Å²) in [5.41, 5.74) is 0. The van der Waals surface area contributed by atoms with Gasteiger partial charge in [0.25, 0.3) is 0 Å². The second-order valence-electron chi connectivity index (χ2n) is 0.346. The summed E-state index contributed by atoms with van der Waals surface area (Å²) in [7, 11) is -2.17. The molecule has 0 atom stereocenters. The van der Waals surface area contributed by atoms with Gasteiger partial charge in [-0.2, -0.15) is 0 Å². The van der Waals surface area contributed by atoms with Crippen molar-refractivity contribution >= 4 is 7.32 Å². The molecule has 0 saturated carbocycles. The Morgan fingerprint density at radius 1 is 0.316 bits per heavy atom. The van der Waals surface area contributed by atoms with Crippen LogP contribution in [0.4, 0.5) is 0 Å². The van der Waals surface area contributed by atoms with Crippen LogP contribution in [0.1, 0.15) is 0 Å². The molecule has 0 aliphatic rings. The van der Waals surface area contributed by atoms with Crippen molar-refractivity contribution in [2.45, 2.75) is 0 Å². The first kappa shape index (κ1) is 130. The van der Waals surface area contributed by atoms with Crippen molar-refractivity contribution in [3.63, 3.8) is 0 Å². The van der Waals surface area contributed by atoms with Gasteiger partial charge in [0.05, 0.1) is 0 Å². The van der Waals surface area contributed by atoms with E-state index >= 15 is 0 Å². The van der Waals surface area contributed by atoms with Gasteiger partial charge < -0.3 is 37.0 Å². The summed E-state index contributed by atoms with van der Waals surface area (Å²) >= 11 is 0. The molecule has 0 heterocycles. The second kappa shape index (κ2) is 117. The molecule has 19 heteroatoms. The zero-order chi connectivity index (χ0) is 3.58. The van der Waals surface area contributed by atoms with Gasteiger partial charge in [-0.3, -0.25) is 0 Å². The second-order valence-corrected chi connectivity index (χ2v) is 0.346. The van der Waals surface area contributed by atoms with Crippen LogP contribution in [0, 0.1) is 0 Å². The van der Waals surface area contributed by atoms with E-state index in [1.54, 1.807) is 0 Å². The average molecular weight is 379 g/mol. The summed E-state index contributed by atoms with van der Waals surface area (Å²) in [5, 5.41) is 21.5. The van der Waals surface area contributed by atoms with Crippen LogP contribution >= 0.6 is 0 Å². The maximum Gasteiger partial charge on any atom is 1.00 e. The van der Waals surface area contributed by atoms with Crippen LogP contribution in [0.15, 0.2) is 0 Å². The molecule has 0 bridgehead atoms. The van der Waals surface area contributed by atoms with Gasteiger partial charge in [-0.25, -0.2) is 0 Å². The summed E-state index contributed by atoms with van der Waals surface area (Å²) in [6.07, 6.45) is 0. The van der Waals surface area contributed by atoms with Crippen molar-refractivity contribution < 1.29 is 362 Å². The molecule has 19 heavy (non-hydrogen) atoms. The predicted octanol–water partition coefficient (Wildman–Crippen LogP) is -35.5. The molecule has 0 aliphatic carbocycles. The van der Waals surface area contributed by atoms with Crippen molar-refractivity contribution in [1.82, 2.24) is 0 Å². The Morgan fingerprint density at radius 2 is 0.316 bits per heavy atom. The number of rotatable bonds is 0. The van der Waals surface area contributed by atoms with E-state index < -0.39 is 7.32 Å². The Bertz CT molecular complexity index is 27.8. The van der Waals surface area contributed by atoms with E-state index in [0.717, 1.165) is 0 Å². The van der Waals surface area contributed by atoms with Crippen molar-refractivity contribution in [2.75, 3.05) is 0 Å². The van der Waals surface area contributed by atoms with E-state index in [1.165, 1.54) is 0 Å². The molecule has 0 aliphatic heterocycles. The van der Waals surface area contributed by atoms with E-state index in [9.17, 15) is 0 Å². The summed E-state index contributed by atoms with van der Waals surface area (Å²) in [4.78, 5) is 0. The summed E-state index contributed by atoms with van der Waals surface area (Å²) < 4.78 is 0. The average Bonchev–Trinajstić information content (AvgIpc) is 0.811. The maximum atomic E-state index is 7.17. The molecule has 0 aromatic rings. The first-order chi connectivity index (χ1) is 1.73. The van der Waals surface area contributed by atoms with Crippen LogP contribution in [0.3, 0.4) is 0 Å². The third-order valence-electron chi connectivity index (χ3n) is 0. The molecule has 0 aromatic heterocycles. The van der Waals surface area contributed by atoms with Crippen LogP contribution in [-0.4, -0.2) is 22.4 Å². The van der Waals surface area contributed by atoms with Gasteiger partial charge in [0.1, 0.15) is 0 Å². The van der Waals surface area contributed by atoms with Crippen molar-refractivity contribution in [3.05, 3.63) is 0 Å². The molecule has 3 N–H and O–H groups in total. The Labute approximate surface area is 358 Å². The Hall–Kier alpha value is 10.8. The Balaban J connectivity index is -0.000000000429. The smallest absolute Gasteiger partial charge is 1.00 e. The first-order valence-electron chi connectivity index (χ1n) is 0.775. The molecule has 56 valence electrons. The fourth-order valence-corrected chi connectivity index (χ4v) is 0. The molecule has 0 amide bonds. The first-order valence-corrected chi connectivity index (χ1v) is 0.775. The molecule has 0 rings (SSSR count). The summed E-state index contributed by atoms with van der Waals surface area (Å²) in [5.74, 6) is 0. The minimum atomic E-state index is -2.17. The Morgan fingerprint density at radius 3 is 0.316 bits per heavy atom. The number of hydrogen-bond donors (Lipinski definition) is 3. The van der Waals surface area contributed by atoms with Crippen molar-refractivity contribution in [1.29, 1.82) is 0 Å². The molecule has 0 saturated heterocycles. The molecule has 0 spiro atoms.